The predicted molar refractivity (Wildman–Crippen MR) is 82.8 cm³/mol. The van der Waals surface area contributed by atoms with Crippen molar-refractivity contribution in [2.24, 2.45) is 0 Å². The summed E-state index contributed by atoms with van der Waals surface area (Å²) in [5.74, 6) is 0. The van der Waals surface area contributed by atoms with Gasteiger partial charge in [0.05, 0.1) is 13.2 Å². The molecule has 106 valence electrons. The van der Waals surface area contributed by atoms with Gasteiger partial charge in [-0.05, 0) is 5.56 Å². The van der Waals surface area contributed by atoms with E-state index in [-0.39, 0.29) is 0 Å². The Balaban J connectivity index is 1.78. The number of rotatable bonds is 7. The van der Waals surface area contributed by atoms with E-state index in [2.05, 4.69) is 56.1 Å². The summed E-state index contributed by atoms with van der Waals surface area (Å²) in [7, 11) is 0. The minimum atomic E-state index is 0.886. The molecule has 3 nitrogen and oxygen atoms in total. The molecule has 0 N–H and O–H groups in total. The normalized spacial score (nSPS) is 16.9. The van der Waals surface area contributed by atoms with E-state index in [1.807, 2.05) is 0 Å². The second kappa shape index (κ2) is 8.69. The van der Waals surface area contributed by atoms with Crippen LogP contribution in [0.2, 0.25) is 0 Å². The van der Waals surface area contributed by atoms with Crippen molar-refractivity contribution in [1.29, 1.82) is 0 Å². The molecule has 0 amide bonds. The van der Waals surface area contributed by atoms with Crippen LogP contribution in [0.3, 0.4) is 0 Å². The molecule has 2 rings (SSSR count). The largest absolute Gasteiger partial charge is 0.379 e. The summed E-state index contributed by atoms with van der Waals surface area (Å²) in [4.78, 5) is 5.01. The molecule has 0 atom stereocenters. The van der Waals surface area contributed by atoms with E-state index in [1.54, 1.807) is 0 Å². The summed E-state index contributed by atoms with van der Waals surface area (Å²) in [5, 5.41) is 1.03. The topological polar surface area (TPSA) is 15.7 Å². The number of hydrogen-bond acceptors (Lipinski definition) is 3. The molecule has 1 aliphatic heterocycles. The lowest BCUT2D eigenvalue weighted by Crippen LogP contribution is -2.41. The first-order chi connectivity index (χ1) is 9.38. The van der Waals surface area contributed by atoms with Gasteiger partial charge in [0.1, 0.15) is 0 Å². The molecule has 1 aliphatic rings. The molecule has 1 aromatic carbocycles. The second-order valence-electron chi connectivity index (χ2n) is 4.90. The van der Waals surface area contributed by atoms with Crippen molar-refractivity contribution in [3.05, 3.63) is 35.9 Å². The van der Waals surface area contributed by atoms with Gasteiger partial charge in [-0.3, -0.25) is 9.80 Å². The molecule has 19 heavy (non-hydrogen) atoms. The molecule has 1 aromatic rings. The summed E-state index contributed by atoms with van der Waals surface area (Å²) in [6.45, 7) is 8.33. The van der Waals surface area contributed by atoms with E-state index in [1.165, 1.54) is 5.56 Å². The molecule has 1 heterocycles. The molecule has 4 heteroatoms. The van der Waals surface area contributed by atoms with Crippen molar-refractivity contribution in [1.82, 2.24) is 9.80 Å². The molecule has 0 radical (unpaired) electrons. The third-order valence-electron chi connectivity index (χ3n) is 3.49. The summed E-state index contributed by atoms with van der Waals surface area (Å²) in [6, 6.07) is 10.7. The Morgan fingerprint density at radius 3 is 2.53 bits per heavy atom. The summed E-state index contributed by atoms with van der Waals surface area (Å²) < 4.78 is 5.39. The van der Waals surface area contributed by atoms with Crippen LogP contribution in [0.5, 0.6) is 0 Å². The Labute approximate surface area is 124 Å². The van der Waals surface area contributed by atoms with Gasteiger partial charge in [-0.15, -0.1) is 0 Å². The Morgan fingerprint density at radius 2 is 1.84 bits per heavy atom. The molecule has 0 saturated carbocycles. The first-order valence-corrected chi connectivity index (χ1v) is 8.13. The van der Waals surface area contributed by atoms with Crippen molar-refractivity contribution in [3.8, 4) is 0 Å². The highest BCUT2D eigenvalue weighted by Crippen LogP contribution is 2.06. The zero-order valence-electron chi connectivity index (χ0n) is 11.4. The van der Waals surface area contributed by atoms with Gasteiger partial charge in [-0.2, -0.15) is 0 Å². The first-order valence-electron chi connectivity index (χ1n) is 7.01. The maximum absolute atomic E-state index is 5.39. The third-order valence-corrected chi connectivity index (χ3v) is 3.84. The molecule has 0 unspecified atom stereocenters. The number of nitrogens with zero attached hydrogens (tertiary/aromatic N) is 2. The van der Waals surface area contributed by atoms with Gasteiger partial charge >= 0.3 is 0 Å². The fraction of sp³-hybridized carbons (Fsp3) is 0.600. The highest BCUT2D eigenvalue weighted by Gasteiger charge is 2.12. The first kappa shape index (κ1) is 15.0. The number of ether oxygens (including phenoxy) is 1. The lowest BCUT2D eigenvalue weighted by atomic mass is 10.2. The van der Waals surface area contributed by atoms with Crippen molar-refractivity contribution >= 4 is 15.9 Å². The van der Waals surface area contributed by atoms with E-state index >= 15 is 0 Å². The predicted octanol–water partition coefficient (Wildman–Crippen LogP) is 2.22. The van der Waals surface area contributed by atoms with Crippen LogP contribution >= 0.6 is 15.9 Å². The zero-order chi connectivity index (χ0) is 13.3. The van der Waals surface area contributed by atoms with Crippen molar-refractivity contribution in [3.63, 3.8) is 0 Å². The number of alkyl halides is 1. The SMILES string of the molecule is BrCCN(CCN1CCOCC1)Cc1ccccc1. The zero-order valence-corrected chi connectivity index (χ0v) is 13.0. The number of hydrogen-bond donors (Lipinski definition) is 0. The van der Waals surface area contributed by atoms with E-state index in [9.17, 15) is 0 Å². The van der Waals surface area contributed by atoms with Crippen molar-refractivity contribution in [2.45, 2.75) is 6.54 Å². The minimum Gasteiger partial charge on any atom is -0.379 e. The number of morpholine rings is 1. The smallest absolute Gasteiger partial charge is 0.0594 e. The molecular formula is C15H23BrN2O. The highest BCUT2D eigenvalue weighted by molar-refractivity contribution is 9.09. The van der Waals surface area contributed by atoms with Crippen LogP contribution in [0.25, 0.3) is 0 Å². The van der Waals surface area contributed by atoms with Crippen LogP contribution in [0.1, 0.15) is 5.56 Å². The standard InChI is InChI=1S/C15H23BrN2O/c16-6-7-18(14-15-4-2-1-3-5-15)9-8-17-10-12-19-13-11-17/h1-5H,6-14H2. The highest BCUT2D eigenvalue weighted by atomic mass is 79.9. The minimum absolute atomic E-state index is 0.886. The van der Waals surface area contributed by atoms with Gasteiger partial charge in [-0.1, -0.05) is 46.3 Å². The van der Waals surface area contributed by atoms with Crippen molar-refractivity contribution in [2.75, 3.05) is 51.3 Å². The maximum atomic E-state index is 5.39. The molecule has 0 spiro atoms. The van der Waals surface area contributed by atoms with Gasteiger partial charge < -0.3 is 4.74 Å². The van der Waals surface area contributed by atoms with Gasteiger partial charge in [-0.25, -0.2) is 0 Å². The van der Waals surface area contributed by atoms with Gasteiger partial charge in [0.2, 0.25) is 0 Å². The van der Waals surface area contributed by atoms with Crippen LogP contribution in [-0.4, -0.2) is 61.1 Å². The van der Waals surface area contributed by atoms with Crippen LogP contribution in [0, 0.1) is 0 Å². The monoisotopic (exact) mass is 326 g/mol. The van der Waals surface area contributed by atoms with Gasteiger partial charge in [0, 0.05) is 44.6 Å². The fourth-order valence-corrected chi connectivity index (χ4v) is 2.84. The van der Waals surface area contributed by atoms with Crippen LogP contribution in [0.4, 0.5) is 0 Å². The fourth-order valence-electron chi connectivity index (χ4n) is 2.34. The Morgan fingerprint density at radius 1 is 1.11 bits per heavy atom. The quantitative estimate of drug-likeness (QED) is 0.714. The molecule has 0 aromatic heterocycles. The van der Waals surface area contributed by atoms with Crippen molar-refractivity contribution < 1.29 is 4.74 Å². The summed E-state index contributed by atoms with van der Waals surface area (Å²) >= 11 is 3.55. The van der Waals surface area contributed by atoms with Crippen LogP contribution in [-0.2, 0) is 11.3 Å². The third kappa shape index (κ3) is 5.61. The van der Waals surface area contributed by atoms with E-state index < -0.39 is 0 Å². The number of halogens is 1. The molecule has 0 aliphatic carbocycles. The molecule has 1 saturated heterocycles. The van der Waals surface area contributed by atoms with Crippen LogP contribution < -0.4 is 0 Å². The van der Waals surface area contributed by atoms with E-state index in [4.69, 9.17) is 4.74 Å². The second-order valence-corrected chi connectivity index (χ2v) is 5.70. The molecule has 0 bridgehead atoms. The van der Waals surface area contributed by atoms with Crippen LogP contribution in [0.15, 0.2) is 30.3 Å². The Bertz CT molecular complexity index is 341. The van der Waals surface area contributed by atoms with E-state index in [0.29, 0.717) is 0 Å². The average Bonchev–Trinajstić information content (AvgIpc) is 2.47. The lowest BCUT2D eigenvalue weighted by molar-refractivity contribution is 0.0333. The Kier molecular flexibility index (Phi) is 6.85. The molecule has 1 fully saturated rings. The summed E-state index contributed by atoms with van der Waals surface area (Å²) in [5.41, 5.74) is 1.39. The Hall–Kier alpha value is -0.420. The molecular weight excluding hydrogens is 304 g/mol. The summed E-state index contributed by atoms with van der Waals surface area (Å²) in [6.07, 6.45) is 0. The van der Waals surface area contributed by atoms with E-state index in [0.717, 1.165) is 57.8 Å². The maximum Gasteiger partial charge on any atom is 0.0594 e. The van der Waals surface area contributed by atoms with Gasteiger partial charge in [0.25, 0.3) is 0 Å². The van der Waals surface area contributed by atoms with Gasteiger partial charge in [0.15, 0.2) is 0 Å². The average molecular weight is 327 g/mol. The number of benzene rings is 1. The lowest BCUT2D eigenvalue weighted by Gasteiger charge is -2.29.